The Morgan fingerprint density at radius 2 is 1.93 bits per heavy atom. The van der Waals surface area contributed by atoms with Crippen LogP contribution in [0.3, 0.4) is 0 Å². The summed E-state index contributed by atoms with van der Waals surface area (Å²) in [6, 6.07) is 8.03. The monoisotopic (exact) mass is 222 g/mol. The highest BCUT2D eigenvalue weighted by Gasteiger charge is 2.43. The molecule has 0 unspecified atom stereocenters. The number of aliphatic carboxylic acids is 1. The van der Waals surface area contributed by atoms with Gasteiger partial charge >= 0.3 is 5.97 Å². The van der Waals surface area contributed by atoms with Crippen LogP contribution in [0.5, 0.6) is 0 Å². The quantitative estimate of drug-likeness (QED) is 0.853. The first kappa shape index (κ1) is 10.6. The van der Waals surface area contributed by atoms with Crippen molar-refractivity contribution in [1.29, 1.82) is 0 Å². The van der Waals surface area contributed by atoms with Gasteiger partial charge in [0.15, 0.2) is 0 Å². The Morgan fingerprint density at radius 1 is 1.40 bits per heavy atom. The molecule has 1 aromatic carbocycles. The van der Waals surface area contributed by atoms with Crippen LogP contribution in [0, 0.1) is 0 Å². The van der Waals surface area contributed by atoms with Crippen LogP contribution in [-0.2, 0) is 17.6 Å². The number of thioether (sulfide) groups is 1. The molecular weight excluding hydrogens is 208 g/mol. The van der Waals surface area contributed by atoms with E-state index in [-0.39, 0.29) is 0 Å². The zero-order valence-electron chi connectivity index (χ0n) is 8.69. The Labute approximate surface area is 93.7 Å². The minimum absolute atomic E-state index is 0.613. The van der Waals surface area contributed by atoms with Gasteiger partial charge in [-0.2, -0.15) is 0 Å². The van der Waals surface area contributed by atoms with Gasteiger partial charge in [-0.25, -0.2) is 0 Å². The molecule has 0 atom stereocenters. The summed E-state index contributed by atoms with van der Waals surface area (Å²) in [5.41, 5.74) is 2.39. The van der Waals surface area contributed by atoms with Gasteiger partial charge in [-0.1, -0.05) is 31.2 Å². The summed E-state index contributed by atoms with van der Waals surface area (Å²) in [5, 5.41) is 9.35. The third kappa shape index (κ3) is 1.76. The van der Waals surface area contributed by atoms with E-state index >= 15 is 0 Å². The lowest BCUT2D eigenvalue weighted by Gasteiger charge is -2.22. The minimum Gasteiger partial charge on any atom is -0.480 e. The second kappa shape index (κ2) is 3.89. The topological polar surface area (TPSA) is 37.3 Å². The van der Waals surface area contributed by atoms with Gasteiger partial charge < -0.3 is 5.11 Å². The molecule has 0 heterocycles. The van der Waals surface area contributed by atoms with E-state index < -0.39 is 10.7 Å². The van der Waals surface area contributed by atoms with Crippen molar-refractivity contribution >= 4 is 17.7 Å². The number of hydrogen-bond donors (Lipinski definition) is 1. The zero-order valence-corrected chi connectivity index (χ0v) is 9.51. The molecule has 1 N–H and O–H groups in total. The molecule has 0 aromatic heterocycles. The van der Waals surface area contributed by atoms with Gasteiger partial charge in [0, 0.05) is 0 Å². The molecule has 0 radical (unpaired) electrons. The Hall–Kier alpha value is -0.960. The van der Waals surface area contributed by atoms with Gasteiger partial charge in [0.25, 0.3) is 0 Å². The fourth-order valence-corrected chi connectivity index (χ4v) is 3.36. The van der Waals surface area contributed by atoms with Gasteiger partial charge in [0.2, 0.25) is 0 Å². The summed E-state index contributed by atoms with van der Waals surface area (Å²) < 4.78 is -0.613. The van der Waals surface area contributed by atoms with E-state index in [0.717, 1.165) is 5.75 Å². The minimum atomic E-state index is -0.675. The number of rotatable bonds is 3. The Bertz CT molecular complexity index is 362. The summed E-state index contributed by atoms with van der Waals surface area (Å²) in [4.78, 5) is 11.4. The number of benzene rings is 1. The number of carboxylic acid groups (broad SMARTS) is 1. The van der Waals surface area contributed by atoms with Crippen LogP contribution < -0.4 is 0 Å². The summed E-state index contributed by atoms with van der Waals surface area (Å²) in [7, 11) is 0. The molecule has 0 saturated heterocycles. The van der Waals surface area contributed by atoms with E-state index in [9.17, 15) is 9.90 Å². The van der Waals surface area contributed by atoms with Gasteiger partial charge in [-0.05, 0) is 29.7 Å². The van der Waals surface area contributed by atoms with Gasteiger partial charge in [-0.15, -0.1) is 11.8 Å². The zero-order chi connectivity index (χ0) is 10.9. The summed E-state index contributed by atoms with van der Waals surface area (Å²) in [5.74, 6) is 0.172. The molecule has 0 spiro atoms. The third-order valence-electron chi connectivity index (χ3n) is 2.88. The third-order valence-corrected chi connectivity index (χ3v) is 4.19. The largest absolute Gasteiger partial charge is 0.480 e. The molecule has 0 saturated carbocycles. The molecule has 2 rings (SSSR count). The summed E-state index contributed by atoms with van der Waals surface area (Å²) in [6.07, 6.45) is 1.33. The van der Waals surface area contributed by atoms with E-state index in [1.54, 1.807) is 11.8 Å². The molecule has 15 heavy (non-hydrogen) atoms. The summed E-state index contributed by atoms with van der Waals surface area (Å²) >= 11 is 1.55. The Kier molecular flexibility index (Phi) is 2.74. The van der Waals surface area contributed by atoms with Crippen molar-refractivity contribution in [2.75, 3.05) is 5.75 Å². The van der Waals surface area contributed by atoms with E-state index in [1.807, 2.05) is 31.2 Å². The van der Waals surface area contributed by atoms with Crippen molar-refractivity contribution in [3.8, 4) is 0 Å². The number of hydrogen-bond acceptors (Lipinski definition) is 2. The number of carbonyl (C=O) groups is 1. The summed E-state index contributed by atoms with van der Waals surface area (Å²) in [6.45, 7) is 2.01. The van der Waals surface area contributed by atoms with Gasteiger partial charge in [-0.3, -0.25) is 4.79 Å². The van der Waals surface area contributed by atoms with Crippen molar-refractivity contribution in [1.82, 2.24) is 0 Å². The van der Waals surface area contributed by atoms with E-state index in [4.69, 9.17) is 0 Å². The van der Waals surface area contributed by atoms with Gasteiger partial charge in [0.05, 0.1) is 0 Å². The molecule has 1 aliphatic rings. The maximum Gasteiger partial charge on any atom is 0.320 e. The lowest BCUT2D eigenvalue weighted by molar-refractivity contribution is -0.139. The highest BCUT2D eigenvalue weighted by Crippen LogP contribution is 2.40. The molecule has 1 aromatic rings. The van der Waals surface area contributed by atoms with Crippen LogP contribution in [0.15, 0.2) is 24.3 Å². The molecule has 2 nitrogen and oxygen atoms in total. The van der Waals surface area contributed by atoms with Crippen molar-refractivity contribution in [3.63, 3.8) is 0 Å². The van der Waals surface area contributed by atoms with Crippen LogP contribution in [0.1, 0.15) is 18.1 Å². The Balaban J connectivity index is 2.32. The van der Waals surface area contributed by atoms with Crippen LogP contribution in [-0.4, -0.2) is 21.6 Å². The molecule has 0 bridgehead atoms. The first-order valence-corrected chi connectivity index (χ1v) is 6.10. The molecule has 80 valence electrons. The highest BCUT2D eigenvalue weighted by atomic mass is 32.2. The maximum absolute atomic E-state index is 11.4. The molecule has 3 heteroatoms. The first-order valence-electron chi connectivity index (χ1n) is 5.12. The van der Waals surface area contributed by atoms with E-state index in [0.29, 0.717) is 12.8 Å². The average molecular weight is 222 g/mol. The van der Waals surface area contributed by atoms with Crippen LogP contribution in [0.4, 0.5) is 0 Å². The molecule has 0 fully saturated rings. The fraction of sp³-hybridized carbons (Fsp3) is 0.417. The average Bonchev–Trinajstić information content (AvgIpc) is 2.57. The number of carboxylic acids is 1. The lowest BCUT2D eigenvalue weighted by Crippen LogP contribution is -2.36. The molecule has 0 aliphatic heterocycles. The first-order chi connectivity index (χ1) is 7.18. The van der Waals surface area contributed by atoms with Gasteiger partial charge in [0.1, 0.15) is 4.75 Å². The van der Waals surface area contributed by atoms with Crippen molar-refractivity contribution < 1.29 is 9.90 Å². The SMILES string of the molecule is CCSC1(C(=O)O)Cc2ccccc2C1. The van der Waals surface area contributed by atoms with Crippen molar-refractivity contribution in [3.05, 3.63) is 35.4 Å². The standard InChI is InChI=1S/C12H14O2S/c1-2-15-12(11(13)14)7-9-5-3-4-6-10(9)8-12/h3-6H,2,7-8H2,1H3,(H,13,14). The van der Waals surface area contributed by atoms with Crippen LogP contribution in [0.2, 0.25) is 0 Å². The second-order valence-corrected chi connectivity index (χ2v) is 5.50. The Morgan fingerprint density at radius 3 is 2.33 bits per heavy atom. The van der Waals surface area contributed by atoms with Crippen molar-refractivity contribution in [2.24, 2.45) is 0 Å². The fourth-order valence-electron chi connectivity index (χ4n) is 2.17. The van der Waals surface area contributed by atoms with E-state index in [2.05, 4.69) is 0 Å². The van der Waals surface area contributed by atoms with Crippen LogP contribution in [0.25, 0.3) is 0 Å². The normalized spacial score (nSPS) is 17.4. The predicted octanol–water partition coefficient (Wildman–Crippen LogP) is 2.36. The van der Waals surface area contributed by atoms with E-state index in [1.165, 1.54) is 11.1 Å². The lowest BCUT2D eigenvalue weighted by atomic mass is 10.1. The number of fused-ring (bicyclic) bond motifs is 1. The highest BCUT2D eigenvalue weighted by molar-refractivity contribution is 8.01. The molecule has 1 aliphatic carbocycles. The molecular formula is C12H14O2S. The maximum atomic E-state index is 11.4. The van der Waals surface area contributed by atoms with Crippen molar-refractivity contribution in [2.45, 2.75) is 24.5 Å². The smallest absolute Gasteiger partial charge is 0.320 e. The predicted molar refractivity (Wildman–Crippen MR) is 62.3 cm³/mol. The second-order valence-electron chi connectivity index (χ2n) is 3.85. The van der Waals surface area contributed by atoms with Crippen LogP contribution >= 0.6 is 11.8 Å². The molecule has 0 amide bonds.